The van der Waals surface area contributed by atoms with Crippen LogP contribution in [0.3, 0.4) is 0 Å². The summed E-state index contributed by atoms with van der Waals surface area (Å²) in [6, 6.07) is 8.42. The number of carbonyl (C=O) groups excluding carboxylic acids is 1. The highest BCUT2D eigenvalue weighted by Crippen LogP contribution is 2.37. The average molecular weight is 540 g/mol. The number of hydrogen-bond donors (Lipinski definition) is 1. The molecule has 2 fully saturated rings. The first-order valence-corrected chi connectivity index (χ1v) is 14.3. The Morgan fingerprint density at radius 1 is 1.03 bits per heavy atom. The van der Waals surface area contributed by atoms with E-state index in [0.29, 0.717) is 26.3 Å². The fraction of sp³-hybridized carbons (Fsp3) is 0.613. The summed E-state index contributed by atoms with van der Waals surface area (Å²) < 4.78 is 18.1. The topological polar surface area (TPSA) is 82.0 Å². The van der Waals surface area contributed by atoms with Crippen LogP contribution in [0.15, 0.2) is 35.3 Å². The van der Waals surface area contributed by atoms with E-state index in [9.17, 15) is 9.59 Å². The number of methoxy groups -OCH3 is 3. The molecule has 2 heterocycles. The highest BCUT2D eigenvalue weighted by molar-refractivity contribution is 5.81. The molecule has 1 aliphatic heterocycles. The normalized spacial score (nSPS) is 19.2. The molecule has 0 radical (unpaired) electrons. The third-order valence-corrected chi connectivity index (χ3v) is 8.08. The zero-order chi connectivity index (χ0) is 27.8. The molecule has 2 aromatic rings. The van der Waals surface area contributed by atoms with Crippen LogP contribution < -0.4 is 15.6 Å². The predicted molar refractivity (Wildman–Crippen MR) is 152 cm³/mol. The molecule has 0 spiro atoms. The van der Waals surface area contributed by atoms with Crippen LogP contribution in [0, 0.1) is 5.92 Å². The molecule has 39 heavy (non-hydrogen) atoms. The molecule has 1 N–H and O–H groups in total. The Bertz CT molecular complexity index is 1160. The molecule has 1 unspecified atom stereocenters. The largest absolute Gasteiger partial charge is 0.496 e. The van der Waals surface area contributed by atoms with Crippen molar-refractivity contribution in [3.8, 4) is 5.75 Å². The molecular formula is C31H45N3O5. The molecule has 1 amide bonds. The summed E-state index contributed by atoms with van der Waals surface area (Å²) in [5.41, 5.74) is 4.41. The minimum absolute atomic E-state index is 0.0285. The van der Waals surface area contributed by atoms with Crippen LogP contribution in [0.1, 0.15) is 60.3 Å². The van der Waals surface area contributed by atoms with Crippen molar-refractivity contribution in [2.75, 3.05) is 47.6 Å². The molecule has 0 bridgehead atoms. The average Bonchev–Trinajstić information content (AvgIpc) is 3.78. The second-order valence-electron chi connectivity index (χ2n) is 11.0. The molecule has 214 valence electrons. The first-order valence-electron chi connectivity index (χ1n) is 14.3. The van der Waals surface area contributed by atoms with E-state index in [2.05, 4.69) is 22.3 Å². The summed E-state index contributed by atoms with van der Waals surface area (Å²) in [7, 11) is 6.94. The number of amides is 1. The van der Waals surface area contributed by atoms with Crippen LogP contribution >= 0.6 is 0 Å². The maximum absolute atomic E-state index is 14.2. The molecule has 2 atom stereocenters. The van der Waals surface area contributed by atoms with Crippen molar-refractivity contribution >= 4 is 5.91 Å². The number of hydrogen-bond acceptors (Lipinski definition) is 6. The zero-order valence-electron chi connectivity index (χ0n) is 24.0. The van der Waals surface area contributed by atoms with Gasteiger partial charge in [-0.3, -0.25) is 9.59 Å². The van der Waals surface area contributed by atoms with E-state index in [4.69, 9.17) is 14.2 Å². The van der Waals surface area contributed by atoms with Crippen LogP contribution in [0.4, 0.5) is 0 Å². The molecule has 1 saturated heterocycles. The lowest BCUT2D eigenvalue weighted by Gasteiger charge is -2.36. The molecule has 1 saturated carbocycles. The van der Waals surface area contributed by atoms with Gasteiger partial charge in [0.15, 0.2) is 0 Å². The van der Waals surface area contributed by atoms with Crippen molar-refractivity contribution in [1.29, 1.82) is 0 Å². The van der Waals surface area contributed by atoms with E-state index < -0.39 is 0 Å². The summed E-state index contributed by atoms with van der Waals surface area (Å²) >= 11 is 0. The van der Waals surface area contributed by atoms with Gasteiger partial charge < -0.3 is 29.0 Å². The van der Waals surface area contributed by atoms with Crippen molar-refractivity contribution in [1.82, 2.24) is 14.8 Å². The van der Waals surface area contributed by atoms with Gasteiger partial charge in [0.1, 0.15) is 5.75 Å². The van der Waals surface area contributed by atoms with Crippen LogP contribution in [-0.2, 0) is 40.7 Å². The zero-order valence-corrected chi connectivity index (χ0v) is 24.0. The maximum atomic E-state index is 14.2. The van der Waals surface area contributed by atoms with Gasteiger partial charge in [-0.2, -0.15) is 0 Å². The quantitative estimate of drug-likeness (QED) is 0.371. The fourth-order valence-electron chi connectivity index (χ4n) is 5.84. The lowest BCUT2D eigenvalue weighted by Crippen LogP contribution is -2.47. The predicted octanol–water partition coefficient (Wildman–Crippen LogP) is 3.44. The smallest absolute Gasteiger partial charge is 0.250 e. The number of pyridine rings is 1. The summed E-state index contributed by atoms with van der Waals surface area (Å²) in [5.74, 6) is 0.873. The highest BCUT2D eigenvalue weighted by Gasteiger charge is 2.40. The van der Waals surface area contributed by atoms with Crippen molar-refractivity contribution in [3.63, 3.8) is 0 Å². The van der Waals surface area contributed by atoms with Gasteiger partial charge in [0, 0.05) is 71.4 Å². The number of nitrogens with zero attached hydrogens (tertiary/aromatic N) is 2. The Balaban J connectivity index is 1.62. The number of piperidine rings is 1. The first-order chi connectivity index (χ1) is 19.0. The van der Waals surface area contributed by atoms with Gasteiger partial charge in [-0.05, 0) is 80.2 Å². The monoisotopic (exact) mass is 539 g/mol. The van der Waals surface area contributed by atoms with Gasteiger partial charge in [0.25, 0.3) is 5.56 Å². The van der Waals surface area contributed by atoms with Crippen LogP contribution in [0.2, 0.25) is 0 Å². The Labute approximate surface area is 232 Å². The van der Waals surface area contributed by atoms with Gasteiger partial charge in [-0.25, -0.2) is 0 Å². The first kappa shape index (κ1) is 29.3. The van der Waals surface area contributed by atoms with E-state index >= 15 is 0 Å². The van der Waals surface area contributed by atoms with Crippen LogP contribution in [-0.4, -0.2) is 69.0 Å². The van der Waals surface area contributed by atoms with E-state index in [1.54, 1.807) is 39.0 Å². The van der Waals surface area contributed by atoms with Crippen molar-refractivity contribution in [2.24, 2.45) is 13.0 Å². The summed E-state index contributed by atoms with van der Waals surface area (Å²) in [6.45, 7) is 3.40. The van der Waals surface area contributed by atoms with E-state index in [0.717, 1.165) is 68.4 Å². The summed E-state index contributed by atoms with van der Waals surface area (Å²) in [4.78, 5) is 28.7. The van der Waals surface area contributed by atoms with Crippen LogP contribution in [0.25, 0.3) is 0 Å². The third-order valence-electron chi connectivity index (χ3n) is 8.08. The Hall–Kier alpha value is -2.68. The Morgan fingerprint density at radius 3 is 2.41 bits per heavy atom. The lowest BCUT2D eigenvalue weighted by atomic mass is 9.80. The standard InChI is InChI=1S/C31H45N3O5/c1-33-14-12-23(19-29(33)35)27-11-13-32-20-28(27)31(36)34(26-9-10-26)21-25-18-22(7-5-15-37-2)17-24(30(25)39-4)8-6-16-38-3/h12,14,17-19,26-28,32H,5-11,13,15-16,20-21H2,1-4H3/t27?,28-/m0/s1. The molecular weight excluding hydrogens is 494 g/mol. The summed E-state index contributed by atoms with van der Waals surface area (Å²) in [6.07, 6.45) is 8.32. The Morgan fingerprint density at radius 2 is 1.74 bits per heavy atom. The number of aromatic nitrogens is 1. The van der Waals surface area contributed by atoms with Crippen molar-refractivity contribution in [2.45, 2.75) is 63.5 Å². The Kier molecular flexibility index (Phi) is 10.6. The molecule has 1 aromatic heterocycles. The molecule has 8 nitrogen and oxygen atoms in total. The number of nitrogens with one attached hydrogen (secondary N) is 1. The second-order valence-corrected chi connectivity index (χ2v) is 11.0. The van der Waals surface area contributed by atoms with Crippen molar-refractivity contribution < 1.29 is 19.0 Å². The fourth-order valence-corrected chi connectivity index (χ4v) is 5.84. The molecule has 8 heteroatoms. The molecule has 1 aromatic carbocycles. The molecule has 4 rings (SSSR count). The van der Waals surface area contributed by atoms with Gasteiger partial charge in [0.05, 0.1) is 13.0 Å². The van der Waals surface area contributed by atoms with E-state index in [1.165, 1.54) is 11.1 Å². The minimum atomic E-state index is -0.205. The SMILES string of the molecule is COCCCc1cc(CCCOC)c(OC)c(CN(C(=O)[C@H]2CNCCC2c2ccn(C)c(=O)c2)C2CC2)c1. The van der Waals surface area contributed by atoms with E-state index in [-0.39, 0.29) is 29.3 Å². The number of aryl methyl sites for hydroxylation is 3. The molecule has 1 aliphatic carbocycles. The van der Waals surface area contributed by atoms with Gasteiger partial charge >= 0.3 is 0 Å². The van der Waals surface area contributed by atoms with Gasteiger partial charge in [-0.1, -0.05) is 12.1 Å². The molecule has 2 aliphatic rings. The maximum Gasteiger partial charge on any atom is 0.250 e. The second kappa shape index (κ2) is 14.1. The van der Waals surface area contributed by atoms with Gasteiger partial charge in [-0.15, -0.1) is 0 Å². The summed E-state index contributed by atoms with van der Waals surface area (Å²) in [5, 5.41) is 3.44. The number of ether oxygens (including phenoxy) is 3. The highest BCUT2D eigenvalue weighted by atomic mass is 16.5. The number of carbonyl (C=O) groups is 1. The third kappa shape index (κ3) is 7.50. The lowest BCUT2D eigenvalue weighted by molar-refractivity contribution is -0.138. The van der Waals surface area contributed by atoms with Gasteiger partial charge in [0.2, 0.25) is 5.91 Å². The number of benzene rings is 1. The van der Waals surface area contributed by atoms with E-state index in [1.807, 2.05) is 12.3 Å². The van der Waals surface area contributed by atoms with Crippen LogP contribution in [0.5, 0.6) is 5.75 Å². The number of rotatable bonds is 14. The minimum Gasteiger partial charge on any atom is -0.496 e. The van der Waals surface area contributed by atoms with Crippen molar-refractivity contribution in [3.05, 3.63) is 63.1 Å².